The lowest BCUT2D eigenvalue weighted by molar-refractivity contribution is 0.0171. The van der Waals surface area contributed by atoms with E-state index in [0.717, 1.165) is 35.9 Å². The Labute approximate surface area is 225 Å². The molecule has 0 amide bonds. The summed E-state index contributed by atoms with van der Waals surface area (Å²) in [5.74, 6) is 0.856. The van der Waals surface area contributed by atoms with Crippen LogP contribution in [0.25, 0.3) is 0 Å². The molecule has 0 saturated carbocycles. The van der Waals surface area contributed by atoms with Gasteiger partial charge in [-0.25, -0.2) is 0 Å². The summed E-state index contributed by atoms with van der Waals surface area (Å²) in [6.45, 7) is 19.4. The Bertz CT molecular complexity index is 760. The largest absolute Gasteiger partial charge is 0.497 e. The van der Waals surface area contributed by atoms with E-state index in [9.17, 15) is 0 Å². The van der Waals surface area contributed by atoms with Gasteiger partial charge in [-0.2, -0.15) is 0 Å². The van der Waals surface area contributed by atoms with Crippen LogP contribution in [-0.4, -0.2) is 42.6 Å². The molecule has 35 heavy (non-hydrogen) atoms. The van der Waals surface area contributed by atoms with Crippen molar-refractivity contribution < 1.29 is 18.3 Å². The van der Waals surface area contributed by atoms with Crippen LogP contribution in [0.4, 0.5) is 0 Å². The molecule has 2 atom stereocenters. The van der Waals surface area contributed by atoms with Gasteiger partial charge in [0.1, 0.15) is 5.75 Å². The molecule has 7 heteroatoms. The van der Waals surface area contributed by atoms with Gasteiger partial charge in [-0.15, -0.1) is 0 Å². The minimum absolute atomic E-state index is 0.00728. The third-order valence-corrected chi connectivity index (χ3v) is 16.8. The SMILES string of the molecule is CC[Si](CC)(CC)O[C@@H](COCc1ccc(OC)cc1)C[C@H](/C=C\C=C/Br)O[Si](C)(C)C(C)(C)C. The Hall–Kier alpha value is -0.706. The molecular formula is C28H49BrO4Si2. The maximum absolute atomic E-state index is 6.97. The number of methoxy groups -OCH3 is 1. The average Bonchev–Trinajstić information content (AvgIpc) is 2.82. The van der Waals surface area contributed by atoms with Crippen LogP contribution in [0.1, 0.15) is 53.5 Å². The van der Waals surface area contributed by atoms with E-state index < -0.39 is 16.6 Å². The van der Waals surface area contributed by atoms with Gasteiger partial charge >= 0.3 is 0 Å². The second-order valence-corrected chi connectivity index (χ2v) is 20.7. The maximum Gasteiger partial charge on any atom is 0.192 e. The van der Waals surface area contributed by atoms with Crippen LogP contribution in [0.3, 0.4) is 0 Å². The van der Waals surface area contributed by atoms with Gasteiger partial charge in [0.15, 0.2) is 16.6 Å². The second kappa shape index (κ2) is 15.5. The van der Waals surface area contributed by atoms with Crippen molar-refractivity contribution in [2.75, 3.05) is 13.7 Å². The summed E-state index contributed by atoms with van der Waals surface area (Å²) in [4.78, 5) is 1.86. The number of halogens is 1. The predicted molar refractivity (Wildman–Crippen MR) is 159 cm³/mol. The lowest BCUT2D eigenvalue weighted by Crippen LogP contribution is -2.46. The zero-order chi connectivity index (χ0) is 26.5. The number of allylic oxidation sites excluding steroid dienone is 2. The highest BCUT2D eigenvalue weighted by atomic mass is 79.9. The highest BCUT2D eigenvalue weighted by molar-refractivity contribution is 9.11. The quantitative estimate of drug-likeness (QED) is 0.143. The summed E-state index contributed by atoms with van der Waals surface area (Å²) < 4.78 is 25.3. The normalized spacial score (nSPS) is 15.1. The van der Waals surface area contributed by atoms with Gasteiger partial charge < -0.3 is 18.3 Å². The van der Waals surface area contributed by atoms with Crippen molar-refractivity contribution in [3.8, 4) is 5.75 Å². The van der Waals surface area contributed by atoms with Crippen LogP contribution in [0, 0.1) is 0 Å². The van der Waals surface area contributed by atoms with E-state index in [0.29, 0.717) is 13.2 Å². The van der Waals surface area contributed by atoms with Gasteiger partial charge in [0.2, 0.25) is 0 Å². The summed E-state index contributed by atoms with van der Waals surface area (Å²) in [5.41, 5.74) is 1.13. The second-order valence-electron chi connectivity index (χ2n) is 10.7. The first-order chi connectivity index (χ1) is 16.5. The minimum atomic E-state index is -1.96. The summed E-state index contributed by atoms with van der Waals surface area (Å²) in [5, 5.41) is 0.139. The number of hydrogen-bond donors (Lipinski definition) is 0. The Kier molecular flexibility index (Phi) is 14.3. The summed E-state index contributed by atoms with van der Waals surface area (Å²) in [6, 6.07) is 11.4. The number of ether oxygens (including phenoxy) is 2. The first kappa shape index (κ1) is 32.3. The third-order valence-electron chi connectivity index (χ3n) is 7.34. The molecule has 200 valence electrons. The van der Waals surface area contributed by atoms with Crippen LogP contribution >= 0.6 is 15.9 Å². The Balaban J connectivity index is 3.08. The highest BCUT2D eigenvalue weighted by Crippen LogP contribution is 2.38. The molecule has 0 bridgehead atoms. The number of hydrogen-bond acceptors (Lipinski definition) is 4. The van der Waals surface area contributed by atoms with E-state index in [2.05, 4.69) is 94.9 Å². The van der Waals surface area contributed by atoms with Gasteiger partial charge in [-0.1, -0.05) is 87.8 Å². The van der Waals surface area contributed by atoms with Crippen molar-refractivity contribution in [1.29, 1.82) is 0 Å². The molecule has 0 spiro atoms. The van der Waals surface area contributed by atoms with Crippen molar-refractivity contribution >= 4 is 32.6 Å². The van der Waals surface area contributed by atoms with Crippen molar-refractivity contribution in [3.05, 3.63) is 53.0 Å². The minimum Gasteiger partial charge on any atom is -0.497 e. The van der Waals surface area contributed by atoms with Gasteiger partial charge in [-0.3, -0.25) is 0 Å². The summed E-state index contributed by atoms with van der Waals surface area (Å²) in [6.07, 6.45) is 6.98. The fourth-order valence-electron chi connectivity index (χ4n) is 3.74. The van der Waals surface area contributed by atoms with E-state index in [4.69, 9.17) is 18.3 Å². The van der Waals surface area contributed by atoms with Crippen LogP contribution in [-0.2, 0) is 20.2 Å². The molecule has 1 rings (SSSR count). The predicted octanol–water partition coefficient (Wildman–Crippen LogP) is 8.85. The average molecular weight is 586 g/mol. The molecule has 0 radical (unpaired) electrons. The van der Waals surface area contributed by atoms with Gasteiger partial charge in [-0.05, 0) is 58.9 Å². The lowest BCUT2D eigenvalue weighted by atomic mass is 10.1. The van der Waals surface area contributed by atoms with Gasteiger partial charge in [0, 0.05) is 6.42 Å². The van der Waals surface area contributed by atoms with E-state index in [1.165, 1.54) is 0 Å². The standard InChI is InChI=1S/C28H49BrO4Si2/c1-10-35(11-2,12-3)33-27(23-31-22-24-16-18-25(30-7)19-17-24)21-26(15-13-14-20-29)32-34(8,9)28(4,5)6/h13-20,26-27H,10-12,21-23H2,1-9H3/b15-13-,20-14-/t26-,27+/m0/s1. The maximum atomic E-state index is 6.97. The first-order valence-corrected chi connectivity index (χ1v) is 19.3. The van der Waals surface area contributed by atoms with E-state index in [-0.39, 0.29) is 17.2 Å². The van der Waals surface area contributed by atoms with E-state index in [1.807, 2.05) is 23.2 Å². The van der Waals surface area contributed by atoms with Crippen LogP contribution in [0.2, 0.25) is 36.3 Å². The molecule has 0 aliphatic heterocycles. The van der Waals surface area contributed by atoms with Crippen molar-refractivity contribution in [3.63, 3.8) is 0 Å². The third kappa shape index (κ3) is 11.1. The zero-order valence-electron chi connectivity index (χ0n) is 23.5. The molecule has 1 aromatic rings. The van der Waals surface area contributed by atoms with E-state index >= 15 is 0 Å². The number of rotatable bonds is 16. The Morgan fingerprint density at radius 3 is 2.03 bits per heavy atom. The van der Waals surface area contributed by atoms with Crippen LogP contribution < -0.4 is 4.74 Å². The molecule has 0 aliphatic rings. The van der Waals surface area contributed by atoms with Crippen LogP contribution in [0.5, 0.6) is 5.75 Å². The molecule has 0 N–H and O–H groups in total. The monoisotopic (exact) mass is 584 g/mol. The Morgan fingerprint density at radius 1 is 0.943 bits per heavy atom. The first-order valence-electron chi connectivity index (χ1n) is 13.0. The fourth-order valence-corrected chi connectivity index (χ4v) is 8.08. The molecule has 0 aromatic heterocycles. The van der Waals surface area contributed by atoms with Crippen molar-refractivity contribution in [2.45, 2.75) is 103 Å². The molecule has 4 nitrogen and oxygen atoms in total. The van der Waals surface area contributed by atoms with Crippen molar-refractivity contribution in [2.24, 2.45) is 0 Å². The molecule has 0 aliphatic carbocycles. The molecule has 1 aromatic carbocycles. The van der Waals surface area contributed by atoms with Crippen LogP contribution in [0.15, 0.2) is 47.5 Å². The highest BCUT2D eigenvalue weighted by Gasteiger charge is 2.40. The zero-order valence-corrected chi connectivity index (χ0v) is 27.1. The van der Waals surface area contributed by atoms with Gasteiger partial charge in [0.25, 0.3) is 0 Å². The summed E-state index contributed by atoms with van der Waals surface area (Å²) in [7, 11) is -2.08. The fraction of sp³-hybridized carbons (Fsp3) is 0.643. The lowest BCUT2D eigenvalue weighted by Gasteiger charge is -2.40. The topological polar surface area (TPSA) is 36.9 Å². The van der Waals surface area contributed by atoms with Gasteiger partial charge in [0.05, 0.1) is 32.5 Å². The molecule has 0 unspecified atom stereocenters. The smallest absolute Gasteiger partial charge is 0.192 e. The molecule has 0 saturated heterocycles. The Morgan fingerprint density at radius 2 is 1.54 bits per heavy atom. The number of benzene rings is 1. The van der Waals surface area contributed by atoms with E-state index in [1.54, 1.807) is 7.11 Å². The summed E-state index contributed by atoms with van der Waals surface area (Å²) >= 11 is 3.37. The molecule has 0 fully saturated rings. The van der Waals surface area contributed by atoms with Crippen molar-refractivity contribution in [1.82, 2.24) is 0 Å². The molecular weight excluding hydrogens is 536 g/mol. The molecule has 0 heterocycles.